The predicted molar refractivity (Wildman–Crippen MR) is 186 cm³/mol. The van der Waals surface area contributed by atoms with Crippen molar-refractivity contribution in [3.8, 4) is 0 Å². The molecule has 0 spiro atoms. The minimum Gasteiger partial charge on any atom is -0.469 e. The lowest BCUT2D eigenvalue weighted by Gasteiger charge is -2.48. The molecule has 0 N–H and O–H groups in total. The van der Waals surface area contributed by atoms with Gasteiger partial charge in [-0.25, -0.2) is 0 Å². The third-order valence-electron chi connectivity index (χ3n) is 9.52. The molecular formula is C37H58BBrO4. The Kier molecular flexibility index (Phi) is 17.2. The molecule has 6 heteroatoms. The fourth-order valence-electron chi connectivity index (χ4n) is 7.61. The van der Waals surface area contributed by atoms with Gasteiger partial charge in [-0.2, -0.15) is 0 Å². The molecule has 0 heterocycles. The summed E-state index contributed by atoms with van der Waals surface area (Å²) in [4.78, 5) is 26.8. The van der Waals surface area contributed by atoms with E-state index < -0.39 is 0 Å². The molecule has 0 aliphatic heterocycles. The van der Waals surface area contributed by atoms with Gasteiger partial charge in [0, 0.05) is 10.2 Å². The van der Waals surface area contributed by atoms with Crippen LogP contribution in [0.2, 0.25) is 5.82 Å². The van der Waals surface area contributed by atoms with Gasteiger partial charge in [-0.15, -0.1) is 0 Å². The van der Waals surface area contributed by atoms with Crippen molar-refractivity contribution in [1.29, 1.82) is 0 Å². The number of hydrogen-bond donors (Lipinski definition) is 0. The monoisotopic (exact) mass is 656 g/mol. The van der Waals surface area contributed by atoms with Crippen LogP contribution in [-0.2, 0) is 19.1 Å². The van der Waals surface area contributed by atoms with E-state index in [1.54, 1.807) is 0 Å². The minimum absolute atomic E-state index is 0.0545. The van der Waals surface area contributed by atoms with Crippen LogP contribution in [0.4, 0.5) is 0 Å². The molecular weight excluding hydrogens is 599 g/mol. The average Bonchev–Trinajstić information content (AvgIpc) is 3.00. The molecule has 0 saturated carbocycles. The van der Waals surface area contributed by atoms with Gasteiger partial charge in [0.2, 0.25) is 0 Å². The number of hydrogen-bond acceptors (Lipinski definition) is 4. The summed E-state index contributed by atoms with van der Waals surface area (Å²) in [6.07, 6.45) is 12.0. The number of halogens is 1. The molecule has 7 unspecified atom stereocenters. The lowest BCUT2D eigenvalue weighted by atomic mass is 9.59. The molecule has 0 amide bonds. The SMILES string of the molecule is CC.[B]C(C)C(C1=CC=CCC1)C(CC)C(CCCC(C(=O)OC)C(C)(CC)C(c1ccccc1)C(C)(C)Br)C(=O)OC. The van der Waals surface area contributed by atoms with E-state index in [1.165, 1.54) is 25.4 Å². The van der Waals surface area contributed by atoms with Gasteiger partial charge < -0.3 is 9.47 Å². The van der Waals surface area contributed by atoms with Crippen molar-refractivity contribution in [2.45, 2.75) is 116 Å². The third kappa shape index (κ3) is 10.4. The third-order valence-corrected chi connectivity index (χ3v) is 9.98. The molecule has 0 saturated heterocycles. The highest BCUT2D eigenvalue weighted by Crippen LogP contribution is 2.54. The van der Waals surface area contributed by atoms with Gasteiger partial charge in [0.15, 0.2) is 0 Å². The second-order valence-electron chi connectivity index (χ2n) is 12.6. The number of esters is 2. The van der Waals surface area contributed by atoms with E-state index in [-0.39, 0.29) is 57.1 Å². The molecule has 7 atom stereocenters. The van der Waals surface area contributed by atoms with E-state index in [9.17, 15) is 9.59 Å². The maximum absolute atomic E-state index is 13.5. The average molecular weight is 658 g/mol. The molecule has 2 radical (unpaired) electrons. The molecule has 240 valence electrons. The molecule has 0 aromatic heterocycles. The van der Waals surface area contributed by atoms with Crippen LogP contribution in [0.3, 0.4) is 0 Å². The van der Waals surface area contributed by atoms with Gasteiger partial charge in [-0.05, 0) is 68.8 Å². The van der Waals surface area contributed by atoms with Gasteiger partial charge in [-0.3, -0.25) is 9.59 Å². The van der Waals surface area contributed by atoms with Crippen molar-refractivity contribution >= 4 is 35.7 Å². The molecule has 0 bridgehead atoms. The van der Waals surface area contributed by atoms with Crippen molar-refractivity contribution in [3.63, 3.8) is 0 Å². The topological polar surface area (TPSA) is 52.6 Å². The van der Waals surface area contributed by atoms with Crippen LogP contribution in [0.15, 0.2) is 54.1 Å². The summed E-state index contributed by atoms with van der Waals surface area (Å²) in [7, 11) is 9.53. The van der Waals surface area contributed by atoms with E-state index >= 15 is 0 Å². The molecule has 1 aromatic carbocycles. The summed E-state index contributed by atoms with van der Waals surface area (Å²) in [5, 5.41) is 0. The Labute approximate surface area is 273 Å². The second-order valence-corrected chi connectivity index (χ2v) is 14.6. The summed E-state index contributed by atoms with van der Waals surface area (Å²) in [5.74, 6) is -0.879. The van der Waals surface area contributed by atoms with Crippen LogP contribution in [0.5, 0.6) is 0 Å². The van der Waals surface area contributed by atoms with Crippen molar-refractivity contribution in [2.75, 3.05) is 14.2 Å². The molecule has 43 heavy (non-hydrogen) atoms. The summed E-state index contributed by atoms with van der Waals surface area (Å²) in [6.45, 7) is 16.9. The summed E-state index contributed by atoms with van der Waals surface area (Å²) >= 11 is 3.98. The Morgan fingerprint density at radius 3 is 2.05 bits per heavy atom. The van der Waals surface area contributed by atoms with Gasteiger partial charge in [0.25, 0.3) is 0 Å². The van der Waals surface area contributed by atoms with E-state index in [0.29, 0.717) is 19.3 Å². The van der Waals surface area contributed by atoms with Crippen LogP contribution < -0.4 is 0 Å². The Hall–Kier alpha value is -1.82. The van der Waals surface area contributed by atoms with Crippen molar-refractivity contribution in [1.82, 2.24) is 0 Å². The Morgan fingerprint density at radius 2 is 1.60 bits per heavy atom. The van der Waals surface area contributed by atoms with E-state index in [0.717, 1.165) is 25.7 Å². The van der Waals surface area contributed by atoms with Crippen molar-refractivity contribution in [3.05, 3.63) is 59.7 Å². The van der Waals surface area contributed by atoms with Crippen LogP contribution in [0.25, 0.3) is 0 Å². The molecule has 2 rings (SSSR count). The summed E-state index contributed by atoms with van der Waals surface area (Å²) < 4.78 is 10.5. The molecule has 1 aromatic rings. The standard InChI is InChI=1S/C35H52BBrO4.C2H6/c1-9-27(30(24(3)36)25-18-13-11-14-19-25)28(32(38)40-7)22-17-23-29(33(39)41-8)35(6,10-2)31(34(4,5)37)26-20-15-12-16-21-26;1-2/h11-13,15-16,18,20-21,24,27-31H,9-10,14,17,19,22-23H2,1-8H3;1-2H3. The first kappa shape index (κ1) is 39.2. The zero-order chi connectivity index (χ0) is 32.8. The molecule has 0 fully saturated rings. The van der Waals surface area contributed by atoms with Gasteiger partial charge in [-0.1, -0.05) is 130 Å². The zero-order valence-corrected chi connectivity index (χ0v) is 30.2. The van der Waals surface area contributed by atoms with Crippen LogP contribution in [0, 0.1) is 29.1 Å². The highest BCUT2D eigenvalue weighted by molar-refractivity contribution is 9.10. The fourth-order valence-corrected chi connectivity index (χ4v) is 8.39. The first-order valence-electron chi connectivity index (χ1n) is 16.4. The maximum atomic E-state index is 13.5. The molecule has 4 nitrogen and oxygen atoms in total. The van der Waals surface area contributed by atoms with Crippen LogP contribution in [0.1, 0.15) is 112 Å². The quantitative estimate of drug-likeness (QED) is 0.101. The van der Waals surface area contributed by atoms with E-state index in [1.807, 2.05) is 26.8 Å². The summed E-state index contributed by atoms with van der Waals surface area (Å²) in [5.41, 5.74) is 2.13. The maximum Gasteiger partial charge on any atom is 0.309 e. The van der Waals surface area contributed by atoms with Crippen molar-refractivity contribution < 1.29 is 19.1 Å². The van der Waals surface area contributed by atoms with E-state index in [4.69, 9.17) is 17.3 Å². The predicted octanol–water partition coefficient (Wildman–Crippen LogP) is 10.0. The van der Waals surface area contributed by atoms with Crippen molar-refractivity contribution in [2.24, 2.45) is 29.1 Å². The van der Waals surface area contributed by atoms with E-state index in [2.05, 4.69) is 93.0 Å². The lowest BCUT2D eigenvalue weighted by Crippen LogP contribution is -2.45. The number of ether oxygens (including phenoxy) is 2. The molecule has 1 aliphatic carbocycles. The second kappa shape index (κ2) is 18.9. The Bertz CT molecular complexity index is 1030. The van der Waals surface area contributed by atoms with Gasteiger partial charge >= 0.3 is 11.9 Å². The number of allylic oxidation sites excluding steroid dienone is 4. The number of carbonyl (C=O) groups excluding carboxylic acids is 2. The Balaban J connectivity index is 0.00000452. The number of carbonyl (C=O) groups is 2. The minimum atomic E-state index is -0.389. The van der Waals surface area contributed by atoms with Crippen LogP contribution >= 0.6 is 15.9 Å². The van der Waals surface area contributed by atoms with Gasteiger partial charge in [0.1, 0.15) is 0 Å². The first-order valence-corrected chi connectivity index (χ1v) is 17.2. The van der Waals surface area contributed by atoms with Crippen LogP contribution in [-0.4, -0.2) is 38.3 Å². The normalized spacial score (nSPS) is 18.8. The Morgan fingerprint density at radius 1 is 1.00 bits per heavy atom. The lowest BCUT2D eigenvalue weighted by molar-refractivity contribution is -0.152. The number of rotatable bonds is 16. The molecule has 1 aliphatic rings. The fraction of sp³-hybridized carbons (Fsp3) is 0.676. The largest absolute Gasteiger partial charge is 0.469 e. The number of methoxy groups -OCH3 is 2. The first-order chi connectivity index (χ1) is 20.4. The number of benzene rings is 1. The smallest absolute Gasteiger partial charge is 0.309 e. The highest BCUT2D eigenvalue weighted by atomic mass is 79.9. The van der Waals surface area contributed by atoms with Gasteiger partial charge in [0.05, 0.1) is 33.9 Å². The highest BCUT2D eigenvalue weighted by Gasteiger charge is 2.50. The number of alkyl halides is 1. The summed E-state index contributed by atoms with van der Waals surface area (Å²) in [6, 6.07) is 10.4. The zero-order valence-electron chi connectivity index (χ0n) is 28.6.